The van der Waals surface area contributed by atoms with E-state index < -0.39 is 10.0 Å². The third-order valence-electron chi connectivity index (χ3n) is 10.9. The van der Waals surface area contributed by atoms with Crippen LogP contribution in [0.2, 0.25) is 0 Å². The van der Waals surface area contributed by atoms with Crippen LogP contribution in [0.4, 0.5) is 0 Å². The molecule has 2 saturated heterocycles. The summed E-state index contributed by atoms with van der Waals surface area (Å²) in [4.78, 5) is 20.5. The molecule has 1 aliphatic carbocycles. The first-order valence-electron chi connectivity index (χ1n) is 17.5. The summed E-state index contributed by atoms with van der Waals surface area (Å²) in [5, 5.41) is 0. The second-order valence-electron chi connectivity index (χ2n) is 14.3. The standard InChI is InChI=1S/C37H56N4O5S/c1-29-23-34(45-5)24-30(2)36(29)47(43,44)41-18-10-9-13-33(41)27-46-28-35(42)39(4)26-32-14-16-37(17-15-32,25-31-11-7-6-8-12-31)40-21-19-38(3)20-22-40/h6-8,11-12,23-24,32-33H,9-10,13-22,25-28H2,1-5H3. The minimum Gasteiger partial charge on any atom is -0.497 e. The van der Waals surface area contributed by atoms with Crippen LogP contribution >= 0.6 is 0 Å². The van der Waals surface area contributed by atoms with Crippen molar-refractivity contribution in [1.82, 2.24) is 19.0 Å². The van der Waals surface area contributed by atoms with Crippen molar-refractivity contribution < 1.29 is 22.7 Å². The van der Waals surface area contributed by atoms with Gasteiger partial charge in [-0.3, -0.25) is 9.69 Å². The molecule has 2 heterocycles. The Morgan fingerprint density at radius 2 is 1.62 bits per heavy atom. The lowest BCUT2D eigenvalue weighted by atomic mass is 9.72. The Balaban J connectivity index is 1.14. The van der Waals surface area contributed by atoms with E-state index in [1.54, 1.807) is 23.5 Å². The van der Waals surface area contributed by atoms with E-state index in [4.69, 9.17) is 9.47 Å². The Kier molecular flexibility index (Phi) is 12.0. The second-order valence-corrected chi connectivity index (χ2v) is 16.1. The fourth-order valence-corrected chi connectivity index (χ4v) is 10.2. The van der Waals surface area contributed by atoms with Gasteiger partial charge >= 0.3 is 0 Å². The lowest BCUT2D eigenvalue weighted by Crippen LogP contribution is -2.59. The molecule has 0 aromatic heterocycles. The summed E-state index contributed by atoms with van der Waals surface area (Å²) < 4.78 is 40.7. The average Bonchev–Trinajstić information content (AvgIpc) is 3.06. The lowest BCUT2D eigenvalue weighted by Gasteiger charge is -2.51. The van der Waals surface area contributed by atoms with Crippen molar-refractivity contribution in [2.45, 2.75) is 81.7 Å². The Labute approximate surface area is 283 Å². The topological polar surface area (TPSA) is 82.6 Å². The Bertz CT molecular complexity index is 1410. The molecule has 2 aromatic rings. The molecule has 0 bridgehead atoms. The molecule has 1 saturated carbocycles. The van der Waals surface area contributed by atoms with E-state index in [9.17, 15) is 13.2 Å². The van der Waals surface area contributed by atoms with Gasteiger partial charge < -0.3 is 19.3 Å². The number of methoxy groups -OCH3 is 1. The minimum absolute atomic E-state index is 0.0343. The van der Waals surface area contributed by atoms with Crippen molar-refractivity contribution in [3.63, 3.8) is 0 Å². The summed E-state index contributed by atoms with van der Waals surface area (Å²) in [7, 11) is 1.95. The number of rotatable bonds is 12. The first kappa shape index (κ1) is 35.8. The zero-order valence-electron chi connectivity index (χ0n) is 29.2. The van der Waals surface area contributed by atoms with E-state index >= 15 is 0 Å². The number of likely N-dealkylation sites (N-methyl/N-ethyl adjacent to an activating group) is 2. The molecule has 47 heavy (non-hydrogen) atoms. The van der Waals surface area contributed by atoms with Gasteiger partial charge in [-0.05, 0) is 101 Å². The van der Waals surface area contributed by atoms with E-state index in [-0.39, 0.29) is 30.7 Å². The number of ether oxygens (including phenoxy) is 2. The van der Waals surface area contributed by atoms with Crippen LogP contribution in [-0.4, -0.2) is 119 Å². The van der Waals surface area contributed by atoms with Crippen LogP contribution in [0, 0.1) is 19.8 Å². The van der Waals surface area contributed by atoms with Crippen molar-refractivity contribution in [3.8, 4) is 5.75 Å². The second kappa shape index (κ2) is 15.8. The highest BCUT2D eigenvalue weighted by Crippen LogP contribution is 2.40. The highest BCUT2D eigenvalue weighted by Gasteiger charge is 2.41. The van der Waals surface area contributed by atoms with E-state index in [2.05, 4.69) is 47.2 Å². The molecule has 10 heteroatoms. The molecule has 3 fully saturated rings. The Morgan fingerprint density at radius 1 is 0.957 bits per heavy atom. The first-order chi connectivity index (χ1) is 22.5. The molecule has 2 aromatic carbocycles. The smallest absolute Gasteiger partial charge is 0.248 e. The van der Waals surface area contributed by atoms with Gasteiger partial charge in [0.15, 0.2) is 0 Å². The molecule has 1 unspecified atom stereocenters. The van der Waals surface area contributed by atoms with Crippen LogP contribution in [0.5, 0.6) is 5.75 Å². The predicted octanol–water partition coefficient (Wildman–Crippen LogP) is 4.75. The van der Waals surface area contributed by atoms with Crippen molar-refractivity contribution >= 4 is 15.9 Å². The molecule has 0 radical (unpaired) electrons. The molecular formula is C37H56N4O5S. The van der Waals surface area contributed by atoms with Gasteiger partial charge in [-0.15, -0.1) is 0 Å². The SMILES string of the molecule is COc1cc(C)c(S(=O)(=O)N2CCCCC2COCC(=O)N(C)CC2CCC(Cc3ccccc3)(N3CCN(C)CC3)CC2)c(C)c1. The van der Waals surface area contributed by atoms with Crippen LogP contribution in [0.3, 0.4) is 0 Å². The van der Waals surface area contributed by atoms with Gasteiger partial charge in [0.25, 0.3) is 0 Å². The molecule has 0 spiro atoms. The summed E-state index contributed by atoms with van der Waals surface area (Å²) in [5.41, 5.74) is 2.94. The van der Waals surface area contributed by atoms with Gasteiger partial charge in [0, 0.05) is 57.9 Å². The molecule has 5 rings (SSSR count). The van der Waals surface area contributed by atoms with Crippen LogP contribution < -0.4 is 4.74 Å². The van der Waals surface area contributed by atoms with Crippen molar-refractivity contribution in [3.05, 3.63) is 59.2 Å². The highest BCUT2D eigenvalue weighted by molar-refractivity contribution is 7.89. The van der Waals surface area contributed by atoms with Crippen molar-refractivity contribution in [1.29, 1.82) is 0 Å². The number of hydrogen-bond acceptors (Lipinski definition) is 7. The minimum atomic E-state index is -3.73. The number of piperazine rings is 1. The van der Waals surface area contributed by atoms with E-state index in [0.717, 1.165) is 84.1 Å². The summed E-state index contributed by atoms with van der Waals surface area (Å²) in [6, 6.07) is 14.2. The van der Waals surface area contributed by atoms with Crippen LogP contribution in [0.1, 0.15) is 61.6 Å². The highest BCUT2D eigenvalue weighted by atomic mass is 32.2. The molecular weight excluding hydrogens is 612 g/mol. The molecule has 2 aliphatic heterocycles. The van der Waals surface area contributed by atoms with Gasteiger partial charge in [-0.25, -0.2) is 8.42 Å². The maximum atomic E-state index is 13.9. The third kappa shape index (κ3) is 8.57. The van der Waals surface area contributed by atoms with E-state index in [1.807, 2.05) is 25.8 Å². The van der Waals surface area contributed by atoms with Gasteiger partial charge in [0.2, 0.25) is 15.9 Å². The third-order valence-corrected chi connectivity index (χ3v) is 13.1. The number of nitrogens with zero attached hydrogens (tertiary/aromatic N) is 4. The normalized spacial score (nSPS) is 25.0. The summed E-state index contributed by atoms with van der Waals surface area (Å²) in [6.45, 7) is 9.44. The molecule has 9 nitrogen and oxygen atoms in total. The van der Waals surface area contributed by atoms with Gasteiger partial charge in [0.05, 0.1) is 18.6 Å². The lowest BCUT2D eigenvalue weighted by molar-refractivity contribution is -0.136. The fourth-order valence-electron chi connectivity index (χ4n) is 8.15. The number of hydrogen-bond donors (Lipinski definition) is 0. The number of benzene rings is 2. The van der Waals surface area contributed by atoms with Crippen molar-refractivity contribution in [2.24, 2.45) is 5.92 Å². The molecule has 1 atom stereocenters. The molecule has 1 amide bonds. The Morgan fingerprint density at radius 3 is 2.26 bits per heavy atom. The maximum Gasteiger partial charge on any atom is 0.248 e. The largest absolute Gasteiger partial charge is 0.497 e. The van der Waals surface area contributed by atoms with E-state index in [0.29, 0.717) is 34.2 Å². The Hall–Kier alpha value is -2.50. The number of amides is 1. The monoisotopic (exact) mass is 668 g/mol. The number of carbonyl (C=O) groups excluding carboxylic acids is 1. The maximum absolute atomic E-state index is 13.9. The summed E-state index contributed by atoms with van der Waals surface area (Å²) in [5.74, 6) is 1.07. The predicted molar refractivity (Wildman–Crippen MR) is 186 cm³/mol. The fraction of sp³-hybridized carbons (Fsp3) is 0.649. The quantitative estimate of drug-likeness (QED) is 0.323. The first-order valence-corrected chi connectivity index (χ1v) is 18.9. The van der Waals surface area contributed by atoms with E-state index in [1.165, 1.54) is 5.56 Å². The number of aryl methyl sites for hydroxylation is 2. The number of sulfonamides is 1. The molecule has 3 aliphatic rings. The van der Waals surface area contributed by atoms with Crippen molar-refractivity contribution in [2.75, 3.05) is 73.7 Å². The number of carbonyl (C=O) groups is 1. The molecule has 0 N–H and O–H groups in total. The van der Waals surface area contributed by atoms with Crippen LogP contribution in [0.25, 0.3) is 0 Å². The van der Waals surface area contributed by atoms with Gasteiger partial charge in [0.1, 0.15) is 12.4 Å². The van der Waals surface area contributed by atoms with Gasteiger partial charge in [-0.1, -0.05) is 36.8 Å². The zero-order valence-corrected chi connectivity index (χ0v) is 30.1. The zero-order chi connectivity index (χ0) is 33.6. The summed E-state index contributed by atoms with van der Waals surface area (Å²) >= 11 is 0. The summed E-state index contributed by atoms with van der Waals surface area (Å²) in [6.07, 6.45) is 8.07. The average molecular weight is 669 g/mol. The van der Waals surface area contributed by atoms with Gasteiger partial charge in [-0.2, -0.15) is 4.31 Å². The number of piperidine rings is 1. The molecule has 260 valence electrons. The van der Waals surface area contributed by atoms with Crippen LogP contribution in [-0.2, 0) is 26.0 Å². The van der Waals surface area contributed by atoms with Crippen LogP contribution in [0.15, 0.2) is 47.4 Å².